The van der Waals surface area contributed by atoms with Crippen molar-refractivity contribution in [2.75, 3.05) is 18.4 Å². The zero-order valence-electron chi connectivity index (χ0n) is 13.2. The molecule has 1 aromatic carbocycles. The second-order valence-electron chi connectivity index (χ2n) is 5.81. The van der Waals surface area contributed by atoms with Crippen LogP contribution >= 0.6 is 0 Å². The average molecular weight is 318 g/mol. The molecule has 1 aliphatic rings. The second-order valence-corrected chi connectivity index (χ2v) is 5.81. The smallest absolute Gasteiger partial charge is 0.211 e. The van der Waals surface area contributed by atoms with Gasteiger partial charge in [0, 0.05) is 24.0 Å². The molecular weight excluding hydrogens is 300 g/mol. The molecule has 2 aromatic heterocycles. The van der Waals surface area contributed by atoms with Gasteiger partial charge in [0.2, 0.25) is 6.41 Å². The molecule has 4 rings (SSSR count). The molecule has 0 fully saturated rings. The number of pyridine rings is 1. The van der Waals surface area contributed by atoms with Gasteiger partial charge in [-0.15, -0.1) is 0 Å². The van der Waals surface area contributed by atoms with Crippen molar-refractivity contribution < 1.29 is 4.79 Å². The third-order valence-corrected chi connectivity index (χ3v) is 4.35. The number of benzene rings is 1. The maximum Gasteiger partial charge on any atom is 0.211 e. The number of hydrogen-bond donors (Lipinski definition) is 2. The van der Waals surface area contributed by atoms with E-state index in [1.165, 1.54) is 11.1 Å². The zero-order valence-corrected chi connectivity index (χ0v) is 13.2. The Balaban J connectivity index is 1.70. The van der Waals surface area contributed by atoms with Gasteiger partial charge >= 0.3 is 0 Å². The maximum atomic E-state index is 10.5. The van der Waals surface area contributed by atoms with E-state index in [4.69, 9.17) is 0 Å². The Hall–Kier alpha value is -2.92. The highest BCUT2D eigenvalue weighted by molar-refractivity contribution is 5.74. The van der Waals surface area contributed by atoms with E-state index in [1.807, 2.05) is 30.5 Å². The molecule has 5 heteroatoms. The third kappa shape index (κ3) is 2.70. The van der Waals surface area contributed by atoms with E-state index in [2.05, 4.69) is 44.4 Å². The first-order valence-corrected chi connectivity index (χ1v) is 8.03. The SMILES string of the molecule is O=CNc1ccc(-c2cnc3cc(C4=CCNCC4)ccn23)cc1. The molecule has 1 aliphatic heterocycles. The fourth-order valence-electron chi connectivity index (χ4n) is 3.08. The number of imidazole rings is 1. The Morgan fingerprint density at radius 2 is 2.04 bits per heavy atom. The lowest BCUT2D eigenvalue weighted by atomic mass is 10.0. The van der Waals surface area contributed by atoms with Gasteiger partial charge in [-0.2, -0.15) is 0 Å². The lowest BCUT2D eigenvalue weighted by Gasteiger charge is -2.14. The Morgan fingerprint density at radius 1 is 1.17 bits per heavy atom. The van der Waals surface area contributed by atoms with Gasteiger partial charge in [-0.05, 0) is 48.4 Å². The third-order valence-electron chi connectivity index (χ3n) is 4.35. The predicted octanol–water partition coefficient (Wildman–Crippen LogP) is 2.95. The molecule has 0 unspecified atom stereocenters. The Kier molecular flexibility index (Phi) is 3.84. The molecule has 0 saturated heterocycles. The highest BCUT2D eigenvalue weighted by atomic mass is 16.1. The topological polar surface area (TPSA) is 58.4 Å². The second kappa shape index (κ2) is 6.29. The molecule has 3 heterocycles. The van der Waals surface area contributed by atoms with Crippen molar-refractivity contribution in [3.05, 3.63) is 60.4 Å². The number of rotatable bonds is 4. The molecule has 120 valence electrons. The highest BCUT2D eigenvalue weighted by Gasteiger charge is 2.10. The minimum atomic E-state index is 0.681. The van der Waals surface area contributed by atoms with Gasteiger partial charge in [0.15, 0.2) is 0 Å². The summed E-state index contributed by atoms with van der Waals surface area (Å²) >= 11 is 0. The summed E-state index contributed by atoms with van der Waals surface area (Å²) in [7, 11) is 0. The average Bonchev–Trinajstić information content (AvgIpc) is 3.06. The Labute approximate surface area is 140 Å². The maximum absolute atomic E-state index is 10.5. The molecule has 5 nitrogen and oxygen atoms in total. The van der Waals surface area contributed by atoms with Crippen molar-refractivity contribution in [2.45, 2.75) is 6.42 Å². The highest BCUT2D eigenvalue weighted by Crippen LogP contribution is 2.25. The van der Waals surface area contributed by atoms with Gasteiger partial charge in [-0.3, -0.25) is 9.20 Å². The Morgan fingerprint density at radius 3 is 2.79 bits per heavy atom. The molecule has 0 spiro atoms. The van der Waals surface area contributed by atoms with E-state index >= 15 is 0 Å². The normalized spacial score (nSPS) is 14.4. The van der Waals surface area contributed by atoms with Crippen LogP contribution in [0.2, 0.25) is 0 Å². The van der Waals surface area contributed by atoms with Gasteiger partial charge in [0.25, 0.3) is 0 Å². The van der Waals surface area contributed by atoms with Crippen molar-refractivity contribution in [1.29, 1.82) is 0 Å². The fraction of sp³-hybridized carbons (Fsp3) is 0.158. The van der Waals surface area contributed by atoms with Crippen molar-refractivity contribution in [1.82, 2.24) is 14.7 Å². The number of nitrogens with zero attached hydrogens (tertiary/aromatic N) is 2. The van der Waals surface area contributed by atoms with Gasteiger partial charge in [0.05, 0.1) is 11.9 Å². The van der Waals surface area contributed by atoms with Crippen molar-refractivity contribution in [3.8, 4) is 11.3 Å². The van der Waals surface area contributed by atoms with Gasteiger partial charge in [-0.1, -0.05) is 18.2 Å². The van der Waals surface area contributed by atoms with E-state index in [9.17, 15) is 4.79 Å². The molecule has 3 aromatic rings. The summed E-state index contributed by atoms with van der Waals surface area (Å²) in [6.45, 7) is 1.96. The van der Waals surface area contributed by atoms with Crippen LogP contribution < -0.4 is 10.6 Å². The quantitative estimate of drug-likeness (QED) is 0.727. The Bertz CT molecular complexity index is 909. The number of aromatic nitrogens is 2. The van der Waals surface area contributed by atoms with E-state index in [0.29, 0.717) is 6.41 Å². The first kappa shape index (κ1) is 14.7. The van der Waals surface area contributed by atoms with Crippen LogP contribution in [0.15, 0.2) is 54.9 Å². The number of hydrogen-bond acceptors (Lipinski definition) is 3. The minimum Gasteiger partial charge on any atom is -0.329 e. The summed E-state index contributed by atoms with van der Waals surface area (Å²) in [5.74, 6) is 0. The summed E-state index contributed by atoms with van der Waals surface area (Å²) in [6.07, 6.45) is 7.94. The lowest BCUT2D eigenvalue weighted by Crippen LogP contribution is -2.20. The molecule has 24 heavy (non-hydrogen) atoms. The van der Waals surface area contributed by atoms with Crippen LogP contribution in [0, 0.1) is 0 Å². The van der Waals surface area contributed by atoms with Crippen molar-refractivity contribution in [3.63, 3.8) is 0 Å². The minimum absolute atomic E-state index is 0.681. The number of anilines is 1. The fourth-order valence-corrected chi connectivity index (χ4v) is 3.08. The largest absolute Gasteiger partial charge is 0.329 e. The first-order valence-electron chi connectivity index (χ1n) is 8.03. The van der Waals surface area contributed by atoms with Crippen LogP contribution in [0.1, 0.15) is 12.0 Å². The molecule has 2 N–H and O–H groups in total. The molecule has 0 bridgehead atoms. The molecule has 0 saturated carbocycles. The van der Waals surface area contributed by atoms with E-state index in [-0.39, 0.29) is 0 Å². The van der Waals surface area contributed by atoms with Crippen LogP contribution in [0.4, 0.5) is 5.69 Å². The number of nitrogens with one attached hydrogen (secondary N) is 2. The van der Waals surface area contributed by atoms with Crippen molar-refractivity contribution >= 4 is 23.3 Å². The zero-order chi connectivity index (χ0) is 16.4. The van der Waals surface area contributed by atoms with Gasteiger partial charge in [0.1, 0.15) is 5.65 Å². The monoisotopic (exact) mass is 318 g/mol. The number of amides is 1. The van der Waals surface area contributed by atoms with E-state index in [0.717, 1.165) is 42.1 Å². The summed E-state index contributed by atoms with van der Waals surface area (Å²) in [5.41, 5.74) is 6.44. The summed E-state index contributed by atoms with van der Waals surface area (Å²) in [6, 6.07) is 12.0. The number of fused-ring (bicyclic) bond motifs is 1. The van der Waals surface area contributed by atoms with E-state index < -0.39 is 0 Å². The summed E-state index contributed by atoms with van der Waals surface area (Å²) in [5, 5.41) is 5.98. The first-order chi connectivity index (χ1) is 11.8. The molecule has 0 atom stereocenters. The number of carbonyl (C=O) groups is 1. The van der Waals surface area contributed by atoms with Crippen LogP contribution in [0.25, 0.3) is 22.5 Å². The van der Waals surface area contributed by atoms with Crippen LogP contribution in [0.3, 0.4) is 0 Å². The van der Waals surface area contributed by atoms with Crippen molar-refractivity contribution in [2.24, 2.45) is 0 Å². The molecule has 0 radical (unpaired) electrons. The molecular formula is C19H18N4O. The summed E-state index contributed by atoms with van der Waals surface area (Å²) < 4.78 is 2.09. The van der Waals surface area contributed by atoms with Gasteiger partial charge < -0.3 is 10.6 Å². The number of carbonyl (C=O) groups excluding carboxylic acids is 1. The molecule has 0 aliphatic carbocycles. The molecule has 1 amide bonds. The predicted molar refractivity (Wildman–Crippen MR) is 95.8 cm³/mol. The van der Waals surface area contributed by atoms with E-state index in [1.54, 1.807) is 0 Å². The summed E-state index contributed by atoms with van der Waals surface area (Å²) in [4.78, 5) is 15.0. The lowest BCUT2D eigenvalue weighted by molar-refractivity contribution is -0.105. The van der Waals surface area contributed by atoms with Crippen LogP contribution in [-0.4, -0.2) is 28.9 Å². The van der Waals surface area contributed by atoms with Crippen LogP contribution in [-0.2, 0) is 4.79 Å². The standard InChI is InChI=1S/C19H18N4O/c24-13-22-17-3-1-15(2-4-17)18-12-21-19-11-16(7-10-23(18)19)14-5-8-20-9-6-14/h1-5,7,10-13,20H,6,8-9H2,(H,22,24). The van der Waals surface area contributed by atoms with Crippen LogP contribution in [0.5, 0.6) is 0 Å². The van der Waals surface area contributed by atoms with Gasteiger partial charge in [-0.25, -0.2) is 4.98 Å².